The van der Waals surface area contributed by atoms with E-state index < -0.39 is 12.0 Å². The Kier molecular flexibility index (Phi) is 7.64. The van der Waals surface area contributed by atoms with E-state index in [-0.39, 0.29) is 18.2 Å². The minimum Gasteiger partial charge on any atom is -0.494 e. The lowest BCUT2D eigenvalue weighted by molar-refractivity contribution is -0.148. The molecule has 1 atom stereocenters. The molecule has 1 saturated heterocycles. The van der Waals surface area contributed by atoms with Crippen molar-refractivity contribution < 1.29 is 23.9 Å². The number of esters is 1. The number of piperazine rings is 1. The third-order valence-electron chi connectivity index (χ3n) is 4.32. The first-order valence-electron chi connectivity index (χ1n) is 9.39. The summed E-state index contributed by atoms with van der Waals surface area (Å²) < 4.78 is 10.6. The van der Waals surface area contributed by atoms with Crippen molar-refractivity contribution in [3.63, 3.8) is 0 Å². The van der Waals surface area contributed by atoms with E-state index in [9.17, 15) is 14.4 Å². The van der Waals surface area contributed by atoms with Gasteiger partial charge in [0.05, 0.1) is 19.6 Å². The van der Waals surface area contributed by atoms with Crippen LogP contribution in [0.25, 0.3) is 0 Å². The number of hydrogen-bond acceptors (Lipinski definition) is 5. The molecular weight excluding hydrogens is 348 g/mol. The Morgan fingerprint density at radius 1 is 1.26 bits per heavy atom. The number of hydrogen-bond donors (Lipinski definition) is 1. The van der Waals surface area contributed by atoms with E-state index in [1.807, 2.05) is 20.8 Å². The predicted molar refractivity (Wildman–Crippen MR) is 100 cm³/mol. The predicted octanol–water partition coefficient (Wildman–Crippen LogP) is 2.01. The molecule has 1 aromatic carbocycles. The molecule has 1 aliphatic rings. The summed E-state index contributed by atoms with van der Waals surface area (Å²) in [6.07, 6.45) is 0.615. The summed E-state index contributed by atoms with van der Waals surface area (Å²) in [5.41, 5.74) is 0.450. The molecule has 2 amide bonds. The average Bonchev–Trinajstić information content (AvgIpc) is 2.63. The van der Waals surface area contributed by atoms with Crippen LogP contribution in [0.5, 0.6) is 5.75 Å². The maximum Gasteiger partial charge on any atom is 0.308 e. The molecule has 1 heterocycles. The van der Waals surface area contributed by atoms with E-state index >= 15 is 0 Å². The summed E-state index contributed by atoms with van der Waals surface area (Å²) in [7, 11) is 0. The summed E-state index contributed by atoms with van der Waals surface area (Å²) in [4.78, 5) is 38.7. The van der Waals surface area contributed by atoms with Gasteiger partial charge in [-0.15, -0.1) is 0 Å². The van der Waals surface area contributed by atoms with Crippen LogP contribution in [0.2, 0.25) is 0 Å². The molecule has 0 aromatic heterocycles. The monoisotopic (exact) mass is 376 g/mol. The quantitative estimate of drug-likeness (QED) is 0.702. The molecule has 1 fully saturated rings. The molecule has 0 spiro atoms. The van der Waals surface area contributed by atoms with Gasteiger partial charge in [0.1, 0.15) is 11.8 Å². The van der Waals surface area contributed by atoms with Gasteiger partial charge >= 0.3 is 5.97 Å². The van der Waals surface area contributed by atoms with Gasteiger partial charge in [-0.25, -0.2) is 0 Å². The molecular formula is C20H28N2O5. The van der Waals surface area contributed by atoms with E-state index in [2.05, 4.69) is 5.32 Å². The Balaban J connectivity index is 2.04. The molecule has 0 bridgehead atoms. The van der Waals surface area contributed by atoms with E-state index in [1.54, 1.807) is 24.3 Å². The smallest absolute Gasteiger partial charge is 0.308 e. The first-order chi connectivity index (χ1) is 12.9. The molecule has 0 aliphatic carbocycles. The van der Waals surface area contributed by atoms with Gasteiger partial charge in [-0.3, -0.25) is 14.4 Å². The molecule has 2 rings (SSSR count). The summed E-state index contributed by atoms with van der Waals surface area (Å²) >= 11 is 0. The number of carbonyl (C=O) groups is 3. The largest absolute Gasteiger partial charge is 0.494 e. The molecule has 27 heavy (non-hydrogen) atoms. The van der Waals surface area contributed by atoms with Crippen LogP contribution < -0.4 is 10.1 Å². The molecule has 0 radical (unpaired) electrons. The van der Waals surface area contributed by atoms with Gasteiger partial charge in [-0.2, -0.15) is 0 Å². The molecule has 1 aromatic rings. The number of carbonyl (C=O) groups excluding carboxylic acids is 3. The van der Waals surface area contributed by atoms with Crippen LogP contribution in [-0.4, -0.2) is 55.0 Å². The van der Waals surface area contributed by atoms with Crippen molar-refractivity contribution >= 4 is 17.8 Å². The minimum absolute atomic E-state index is 0.146. The maximum absolute atomic E-state index is 12.9. The Labute approximate surface area is 160 Å². The van der Waals surface area contributed by atoms with Crippen LogP contribution >= 0.6 is 0 Å². The highest BCUT2D eigenvalue weighted by molar-refractivity contribution is 5.99. The van der Waals surface area contributed by atoms with Crippen LogP contribution in [0.4, 0.5) is 0 Å². The van der Waals surface area contributed by atoms with Crippen molar-refractivity contribution in [2.24, 2.45) is 5.92 Å². The van der Waals surface area contributed by atoms with E-state index in [0.717, 1.165) is 6.42 Å². The summed E-state index contributed by atoms with van der Waals surface area (Å²) in [6, 6.07) is 5.91. The van der Waals surface area contributed by atoms with Crippen LogP contribution in [0.3, 0.4) is 0 Å². The van der Waals surface area contributed by atoms with Crippen molar-refractivity contribution in [3.8, 4) is 5.75 Å². The fourth-order valence-corrected chi connectivity index (χ4v) is 2.81. The summed E-state index contributed by atoms with van der Waals surface area (Å²) in [6.45, 7) is 7.54. The SMILES string of the molecule is CCOc1ccc(C(=O)N2CCNC(=O)C2CC(=O)OCCC(C)C)cc1. The lowest BCUT2D eigenvalue weighted by Gasteiger charge is -2.34. The van der Waals surface area contributed by atoms with E-state index in [0.29, 0.717) is 43.5 Å². The van der Waals surface area contributed by atoms with E-state index in [1.165, 1.54) is 4.90 Å². The highest BCUT2D eigenvalue weighted by Crippen LogP contribution is 2.18. The third-order valence-corrected chi connectivity index (χ3v) is 4.32. The fraction of sp³-hybridized carbons (Fsp3) is 0.550. The zero-order valence-electron chi connectivity index (χ0n) is 16.2. The lowest BCUT2D eigenvalue weighted by Crippen LogP contribution is -2.57. The molecule has 148 valence electrons. The number of nitrogens with one attached hydrogen (secondary N) is 1. The van der Waals surface area contributed by atoms with Crippen molar-refractivity contribution in [1.82, 2.24) is 10.2 Å². The molecule has 1 N–H and O–H groups in total. The second-order valence-electron chi connectivity index (χ2n) is 6.87. The average molecular weight is 376 g/mol. The first-order valence-corrected chi connectivity index (χ1v) is 9.39. The second kappa shape index (κ2) is 9.94. The molecule has 7 heteroatoms. The number of rotatable bonds is 8. The maximum atomic E-state index is 12.9. The number of benzene rings is 1. The Hall–Kier alpha value is -2.57. The van der Waals surface area contributed by atoms with Gasteiger partial charge in [0.2, 0.25) is 5.91 Å². The second-order valence-corrected chi connectivity index (χ2v) is 6.87. The molecule has 0 saturated carbocycles. The summed E-state index contributed by atoms with van der Waals surface area (Å²) in [5.74, 6) is 0.0145. The Morgan fingerprint density at radius 3 is 2.59 bits per heavy atom. The highest BCUT2D eigenvalue weighted by Gasteiger charge is 2.35. The van der Waals surface area contributed by atoms with Gasteiger partial charge in [0, 0.05) is 18.7 Å². The minimum atomic E-state index is -0.857. The van der Waals surface area contributed by atoms with E-state index in [4.69, 9.17) is 9.47 Å². The fourth-order valence-electron chi connectivity index (χ4n) is 2.81. The zero-order valence-corrected chi connectivity index (χ0v) is 16.2. The van der Waals surface area contributed by atoms with Crippen LogP contribution in [0.1, 0.15) is 44.0 Å². The molecule has 7 nitrogen and oxygen atoms in total. The van der Waals surface area contributed by atoms with Crippen molar-refractivity contribution in [3.05, 3.63) is 29.8 Å². The molecule has 1 aliphatic heterocycles. The van der Waals surface area contributed by atoms with Crippen molar-refractivity contribution in [2.45, 2.75) is 39.7 Å². The van der Waals surface area contributed by atoms with Crippen LogP contribution in [-0.2, 0) is 14.3 Å². The number of nitrogens with zero attached hydrogens (tertiary/aromatic N) is 1. The van der Waals surface area contributed by atoms with Crippen LogP contribution in [0, 0.1) is 5.92 Å². The first kappa shape index (κ1) is 20.7. The number of amides is 2. The zero-order chi connectivity index (χ0) is 19.8. The number of ether oxygens (including phenoxy) is 2. The Morgan fingerprint density at radius 2 is 1.96 bits per heavy atom. The van der Waals surface area contributed by atoms with Gasteiger partial charge in [-0.05, 0) is 43.5 Å². The van der Waals surface area contributed by atoms with Crippen molar-refractivity contribution in [2.75, 3.05) is 26.3 Å². The van der Waals surface area contributed by atoms with Gasteiger partial charge in [-0.1, -0.05) is 13.8 Å². The molecule has 1 unspecified atom stereocenters. The third kappa shape index (κ3) is 5.98. The van der Waals surface area contributed by atoms with Gasteiger partial charge < -0.3 is 19.7 Å². The van der Waals surface area contributed by atoms with Gasteiger partial charge in [0.15, 0.2) is 0 Å². The topological polar surface area (TPSA) is 84.9 Å². The standard InChI is InChI=1S/C20H28N2O5/c1-4-26-16-7-5-15(6-8-16)20(25)22-11-10-21-19(24)17(22)13-18(23)27-12-9-14(2)3/h5-8,14,17H,4,9-13H2,1-3H3,(H,21,24). The van der Waals surface area contributed by atoms with Crippen LogP contribution in [0.15, 0.2) is 24.3 Å². The Bertz CT molecular complexity index is 657. The highest BCUT2D eigenvalue weighted by atomic mass is 16.5. The van der Waals surface area contributed by atoms with Crippen molar-refractivity contribution in [1.29, 1.82) is 0 Å². The normalized spacial score (nSPS) is 16.8. The summed E-state index contributed by atoms with van der Waals surface area (Å²) in [5, 5.41) is 2.71. The van der Waals surface area contributed by atoms with Gasteiger partial charge in [0.25, 0.3) is 5.91 Å². The lowest BCUT2D eigenvalue weighted by atomic mass is 10.1.